The van der Waals surface area contributed by atoms with Gasteiger partial charge in [0.15, 0.2) is 0 Å². The number of nitrogens with zero attached hydrogens (tertiary/aromatic N) is 1. The van der Waals surface area contributed by atoms with E-state index in [-0.39, 0.29) is 17.2 Å². The summed E-state index contributed by atoms with van der Waals surface area (Å²) in [6, 6.07) is 5.20. The monoisotopic (exact) mass is 234 g/mol. The van der Waals surface area contributed by atoms with Crippen molar-refractivity contribution in [1.29, 1.82) is 0 Å². The summed E-state index contributed by atoms with van der Waals surface area (Å²) in [6.45, 7) is 4.93. The molecule has 3 N–H and O–H groups in total. The topological polar surface area (TPSA) is 66.6 Å². The third-order valence-corrected chi connectivity index (χ3v) is 3.47. The lowest BCUT2D eigenvalue weighted by Crippen LogP contribution is -2.68. The molecule has 0 aromatic heterocycles. The van der Waals surface area contributed by atoms with Gasteiger partial charge in [0.05, 0.1) is 11.1 Å². The molecule has 92 valence electrons. The van der Waals surface area contributed by atoms with Crippen LogP contribution in [0.25, 0.3) is 0 Å². The first-order valence-electron chi connectivity index (χ1n) is 5.83. The van der Waals surface area contributed by atoms with Crippen molar-refractivity contribution in [3.05, 3.63) is 29.3 Å². The molecule has 0 unspecified atom stereocenters. The van der Waals surface area contributed by atoms with E-state index in [1.54, 1.807) is 30.0 Å². The van der Waals surface area contributed by atoms with Crippen molar-refractivity contribution in [1.82, 2.24) is 4.90 Å². The maximum atomic E-state index is 12.1. The Bertz CT molecular complexity index is 451. The quantitative estimate of drug-likeness (QED) is 0.809. The fraction of sp³-hybridized carbons (Fsp3) is 0.462. The summed E-state index contributed by atoms with van der Waals surface area (Å²) < 4.78 is 0. The summed E-state index contributed by atoms with van der Waals surface area (Å²) in [5.74, 6) is -0.0655. The van der Waals surface area contributed by atoms with Crippen LogP contribution in [0, 0.1) is 6.92 Å². The summed E-state index contributed by atoms with van der Waals surface area (Å²) in [4.78, 5) is 13.8. The van der Waals surface area contributed by atoms with E-state index in [1.165, 1.54) is 0 Å². The third kappa shape index (κ3) is 2.00. The molecule has 1 saturated heterocycles. The molecule has 0 atom stereocenters. The van der Waals surface area contributed by atoms with Crippen LogP contribution in [0.4, 0.5) is 0 Å². The first kappa shape index (κ1) is 11.9. The first-order valence-corrected chi connectivity index (χ1v) is 5.83. The van der Waals surface area contributed by atoms with Gasteiger partial charge in [-0.15, -0.1) is 0 Å². The Morgan fingerprint density at radius 1 is 1.53 bits per heavy atom. The minimum Gasteiger partial charge on any atom is -0.507 e. The fourth-order valence-electron chi connectivity index (χ4n) is 2.08. The molecule has 1 amide bonds. The molecule has 1 aliphatic heterocycles. The highest BCUT2D eigenvalue weighted by atomic mass is 16.3. The minimum absolute atomic E-state index is 0.0727. The summed E-state index contributed by atoms with van der Waals surface area (Å²) in [6.07, 6.45) is 0.858. The van der Waals surface area contributed by atoms with Crippen molar-refractivity contribution in [3.63, 3.8) is 0 Å². The number of carbonyl (C=O) groups is 1. The van der Waals surface area contributed by atoms with E-state index in [4.69, 9.17) is 5.73 Å². The van der Waals surface area contributed by atoms with Crippen molar-refractivity contribution in [2.24, 2.45) is 5.73 Å². The van der Waals surface area contributed by atoms with E-state index >= 15 is 0 Å². The van der Waals surface area contributed by atoms with Crippen molar-refractivity contribution in [3.8, 4) is 5.75 Å². The van der Waals surface area contributed by atoms with Gasteiger partial charge in [-0.1, -0.05) is 19.1 Å². The zero-order chi connectivity index (χ0) is 12.6. The van der Waals surface area contributed by atoms with E-state index < -0.39 is 0 Å². The second-order valence-corrected chi connectivity index (χ2v) is 4.85. The normalized spacial score (nSPS) is 17.7. The molecule has 1 aliphatic rings. The summed E-state index contributed by atoms with van der Waals surface area (Å²) in [5.41, 5.74) is 6.86. The molecule has 1 heterocycles. The molecule has 1 aromatic rings. The Labute approximate surface area is 101 Å². The molecule has 17 heavy (non-hydrogen) atoms. The van der Waals surface area contributed by atoms with Gasteiger partial charge in [-0.3, -0.25) is 4.79 Å². The highest BCUT2D eigenvalue weighted by Crippen LogP contribution is 2.28. The van der Waals surface area contributed by atoms with E-state index in [1.807, 2.05) is 6.92 Å². The zero-order valence-corrected chi connectivity index (χ0v) is 10.2. The standard InChI is InChI=1S/C13H18N2O2/c1-3-13(14)7-15(8-13)12(17)10-6-4-5-9(2)11(10)16/h4-6,16H,3,7-8,14H2,1-2H3. The van der Waals surface area contributed by atoms with Crippen molar-refractivity contribution in [2.75, 3.05) is 13.1 Å². The smallest absolute Gasteiger partial charge is 0.257 e. The first-order chi connectivity index (χ1) is 7.97. The van der Waals surface area contributed by atoms with Crippen LogP contribution in [0.1, 0.15) is 29.3 Å². The lowest BCUT2D eigenvalue weighted by Gasteiger charge is -2.47. The number of amides is 1. The molecule has 0 saturated carbocycles. The van der Waals surface area contributed by atoms with Gasteiger partial charge in [-0.25, -0.2) is 0 Å². The predicted molar refractivity (Wildman–Crippen MR) is 66.0 cm³/mol. The number of phenols is 1. The Kier molecular flexibility index (Phi) is 2.83. The van der Waals surface area contributed by atoms with Gasteiger partial charge in [-0.2, -0.15) is 0 Å². The van der Waals surface area contributed by atoms with Crippen LogP contribution in [0.3, 0.4) is 0 Å². The number of rotatable bonds is 2. The summed E-state index contributed by atoms with van der Waals surface area (Å²) in [5, 5.41) is 9.85. The highest BCUT2D eigenvalue weighted by Gasteiger charge is 2.41. The molecule has 1 aromatic carbocycles. The fourth-order valence-corrected chi connectivity index (χ4v) is 2.08. The van der Waals surface area contributed by atoms with Crippen molar-refractivity contribution in [2.45, 2.75) is 25.8 Å². The maximum absolute atomic E-state index is 12.1. The highest BCUT2D eigenvalue weighted by molar-refractivity contribution is 5.97. The van der Waals surface area contributed by atoms with Crippen molar-refractivity contribution >= 4 is 5.91 Å². The number of aryl methyl sites for hydroxylation is 1. The van der Waals surface area contributed by atoms with Gasteiger partial charge in [0, 0.05) is 13.1 Å². The van der Waals surface area contributed by atoms with E-state index in [0.29, 0.717) is 24.2 Å². The number of aromatic hydroxyl groups is 1. The number of benzene rings is 1. The maximum Gasteiger partial charge on any atom is 0.257 e. The number of hydrogen-bond acceptors (Lipinski definition) is 3. The van der Waals surface area contributed by atoms with E-state index in [0.717, 1.165) is 6.42 Å². The van der Waals surface area contributed by atoms with Crippen LogP contribution in [-0.2, 0) is 0 Å². The minimum atomic E-state index is -0.241. The number of phenolic OH excluding ortho intramolecular Hbond substituents is 1. The van der Waals surface area contributed by atoms with E-state index in [2.05, 4.69) is 0 Å². The van der Waals surface area contributed by atoms with E-state index in [9.17, 15) is 9.90 Å². The van der Waals surface area contributed by atoms with Gasteiger partial charge in [-0.05, 0) is 25.0 Å². The molecule has 0 radical (unpaired) electrons. The van der Waals surface area contributed by atoms with Crippen molar-refractivity contribution < 1.29 is 9.90 Å². The number of carbonyl (C=O) groups excluding carboxylic acids is 1. The van der Waals surface area contributed by atoms with Gasteiger partial charge < -0.3 is 15.7 Å². The SMILES string of the molecule is CCC1(N)CN(C(=O)c2cccc(C)c2O)C1. The predicted octanol–water partition coefficient (Wildman–Crippen LogP) is 1.26. The van der Waals surface area contributed by atoms with Crippen LogP contribution < -0.4 is 5.73 Å². The van der Waals surface area contributed by atoms with Crippen LogP contribution in [0.2, 0.25) is 0 Å². The zero-order valence-electron chi connectivity index (χ0n) is 10.2. The molecule has 0 bridgehead atoms. The van der Waals surface area contributed by atoms with Gasteiger partial charge in [0.25, 0.3) is 5.91 Å². The lowest BCUT2D eigenvalue weighted by molar-refractivity contribution is 0.0398. The second kappa shape index (κ2) is 4.04. The largest absolute Gasteiger partial charge is 0.507 e. The molecule has 0 spiro atoms. The number of likely N-dealkylation sites (tertiary alicyclic amines) is 1. The number of nitrogens with two attached hydrogens (primary N) is 1. The Morgan fingerprint density at radius 2 is 2.18 bits per heavy atom. The van der Waals surface area contributed by atoms with Gasteiger partial charge >= 0.3 is 0 Å². The average molecular weight is 234 g/mol. The second-order valence-electron chi connectivity index (χ2n) is 4.85. The summed E-state index contributed by atoms with van der Waals surface area (Å²) >= 11 is 0. The Morgan fingerprint density at radius 3 is 2.76 bits per heavy atom. The van der Waals surface area contributed by atoms with Gasteiger partial charge in [0.1, 0.15) is 5.75 Å². The summed E-state index contributed by atoms with van der Waals surface area (Å²) in [7, 11) is 0. The number of hydrogen-bond donors (Lipinski definition) is 2. The Balaban J connectivity index is 2.15. The van der Waals surface area contributed by atoms with Crippen LogP contribution in [-0.4, -0.2) is 34.5 Å². The van der Waals surface area contributed by atoms with Gasteiger partial charge in [0.2, 0.25) is 0 Å². The Hall–Kier alpha value is -1.55. The molecular weight excluding hydrogens is 216 g/mol. The molecule has 1 fully saturated rings. The lowest BCUT2D eigenvalue weighted by atomic mass is 9.87. The number of para-hydroxylation sites is 1. The van der Waals surface area contributed by atoms with Crippen LogP contribution in [0.15, 0.2) is 18.2 Å². The molecular formula is C13H18N2O2. The van der Waals surface area contributed by atoms with Crippen LogP contribution in [0.5, 0.6) is 5.75 Å². The van der Waals surface area contributed by atoms with Crippen LogP contribution >= 0.6 is 0 Å². The molecule has 2 rings (SSSR count). The molecule has 4 heteroatoms. The molecule has 0 aliphatic carbocycles. The third-order valence-electron chi connectivity index (χ3n) is 3.47. The average Bonchev–Trinajstić information content (AvgIpc) is 2.28. The molecule has 4 nitrogen and oxygen atoms in total.